The smallest absolute Gasteiger partial charge is 0.359 e. The molecule has 0 aliphatic rings. The number of rotatable bonds is 7. The molecule has 0 amide bonds. The molecule has 27 heavy (non-hydrogen) atoms. The van der Waals surface area contributed by atoms with Crippen LogP contribution in [0.25, 0.3) is 11.2 Å². The fourth-order valence-corrected chi connectivity index (χ4v) is 2.66. The number of unbranched alkanes of at least 4 members (excludes halogenated alkanes) is 3. The molecule has 2 heterocycles. The van der Waals surface area contributed by atoms with Crippen molar-refractivity contribution >= 4 is 23.1 Å². The standard InChI is InChI=1S/C17H22N4O6/c1-5-6-7-8-9-21-14(22)12-13(20(2)17(21)25)19-11(16(24)27-4)10(18-12)15(23)26-3/h5-9H2,1-4H3. The van der Waals surface area contributed by atoms with Crippen LogP contribution in [0, 0.1) is 0 Å². The maximum Gasteiger partial charge on any atom is 0.359 e. The molecule has 146 valence electrons. The second-order valence-corrected chi connectivity index (χ2v) is 5.94. The van der Waals surface area contributed by atoms with Crippen LogP contribution in [-0.2, 0) is 23.1 Å². The summed E-state index contributed by atoms with van der Waals surface area (Å²) in [6.07, 6.45) is 3.56. The predicted octanol–water partition coefficient (Wildman–Crippen LogP) is 0.644. The van der Waals surface area contributed by atoms with Crippen LogP contribution in [-0.4, -0.2) is 45.3 Å². The van der Waals surface area contributed by atoms with Crippen LogP contribution in [0.2, 0.25) is 0 Å². The Bertz CT molecular complexity index is 992. The number of aromatic nitrogens is 4. The first-order valence-corrected chi connectivity index (χ1v) is 8.55. The van der Waals surface area contributed by atoms with E-state index in [-0.39, 0.29) is 17.7 Å². The molecule has 10 nitrogen and oxygen atoms in total. The number of aryl methyl sites for hydroxylation is 1. The van der Waals surface area contributed by atoms with Crippen LogP contribution >= 0.6 is 0 Å². The monoisotopic (exact) mass is 378 g/mol. The lowest BCUT2D eigenvalue weighted by molar-refractivity contribution is 0.0545. The summed E-state index contributed by atoms with van der Waals surface area (Å²) in [5.41, 5.74) is -2.40. The van der Waals surface area contributed by atoms with Crippen molar-refractivity contribution in [1.29, 1.82) is 0 Å². The summed E-state index contributed by atoms with van der Waals surface area (Å²) < 4.78 is 11.4. The third-order valence-corrected chi connectivity index (χ3v) is 4.15. The Balaban J connectivity index is 2.72. The minimum Gasteiger partial charge on any atom is -0.464 e. The van der Waals surface area contributed by atoms with E-state index in [1.54, 1.807) is 0 Å². The van der Waals surface area contributed by atoms with Gasteiger partial charge in [-0.05, 0) is 6.42 Å². The molecule has 0 aliphatic heterocycles. The number of fused-ring (bicyclic) bond motifs is 1. The first-order valence-electron chi connectivity index (χ1n) is 8.55. The van der Waals surface area contributed by atoms with Gasteiger partial charge in [0.05, 0.1) is 14.2 Å². The molecule has 0 aliphatic carbocycles. The molecule has 2 rings (SSSR count). The quantitative estimate of drug-likeness (QED) is 0.508. The highest BCUT2D eigenvalue weighted by molar-refractivity contribution is 6.01. The Labute approximate surface area is 154 Å². The average molecular weight is 378 g/mol. The number of nitrogens with zero attached hydrogens (tertiary/aromatic N) is 4. The van der Waals surface area contributed by atoms with Crippen LogP contribution in [0.1, 0.15) is 53.6 Å². The zero-order valence-corrected chi connectivity index (χ0v) is 15.8. The highest BCUT2D eigenvalue weighted by atomic mass is 16.5. The van der Waals surface area contributed by atoms with Crippen molar-refractivity contribution in [3.8, 4) is 0 Å². The number of ether oxygens (including phenoxy) is 2. The first-order chi connectivity index (χ1) is 12.9. The molecular formula is C17H22N4O6. The summed E-state index contributed by atoms with van der Waals surface area (Å²) in [6.45, 7) is 2.29. The van der Waals surface area contributed by atoms with Gasteiger partial charge >= 0.3 is 17.6 Å². The van der Waals surface area contributed by atoms with E-state index in [0.29, 0.717) is 6.42 Å². The third kappa shape index (κ3) is 3.88. The SMILES string of the molecule is CCCCCCn1c(=O)c2nc(C(=O)OC)c(C(=O)OC)nc2n(C)c1=O. The Morgan fingerprint density at radius 3 is 2.11 bits per heavy atom. The Morgan fingerprint density at radius 2 is 1.56 bits per heavy atom. The Kier molecular flexibility index (Phi) is 6.43. The largest absolute Gasteiger partial charge is 0.464 e. The summed E-state index contributed by atoms with van der Waals surface area (Å²) in [6, 6.07) is 0. The van der Waals surface area contributed by atoms with Gasteiger partial charge in [-0.3, -0.25) is 13.9 Å². The van der Waals surface area contributed by atoms with Crippen molar-refractivity contribution in [2.75, 3.05) is 14.2 Å². The molecule has 0 fully saturated rings. The van der Waals surface area contributed by atoms with Crippen LogP contribution in [0.5, 0.6) is 0 Å². The Hall–Kier alpha value is -3.04. The maximum atomic E-state index is 12.8. The van der Waals surface area contributed by atoms with E-state index in [4.69, 9.17) is 0 Å². The topological polar surface area (TPSA) is 122 Å². The summed E-state index contributed by atoms with van der Waals surface area (Å²) in [4.78, 5) is 57.2. The molecule has 0 bridgehead atoms. The Morgan fingerprint density at radius 1 is 0.963 bits per heavy atom. The number of hydrogen-bond donors (Lipinski definition) is 0. The van der Waals surface area contributed by atoms with E-state index < -0.39 is 34.6 Å². The second kappa shape index (κ2) is 8.56. The lowest BCUT2D eigenvalue weighted by Crippen LogP contribution is -2.40. The zero-order chi connectivity index (χ0) is 20.1. The molecule has 0 N–H and O–H groups in total. The van der Waals surface area contributed by atoms with Crippen molar-refractivity contribution in [2.45, 2.75) is 39.2 Å². The van der Waals surface area contributed by atoms with Crippen molar-refractivity contribution in [3.63, 3.8) is 0 Å². The number of hydrogen-bond acceptors (Lipinski definition) is 8. The summed E-state index contributed by atoms with van der Waals surface area (Å²) >= 11 is 0. The lowest BCUT2D eigenvalue weighted by atomic mass is 10.2. The van der Waals surface area contributed by atoms with Crippen LogP contribution in [0.15, 0.2) is 9.59 Å². The lowest BCUT2D eigenvalue weighted by Gasteiger charge is -2.12. The predicted molar refractivity (Wildman–Crippen MR) is 95.9 cm³/mol. The summed E-state index contributed by atoms with van der Waals surface area (Å²) in [7, 11) is 3.64. The highest BCUT2D eigenvalue weighted by Gasteiger charge is 2.26. The number of carbonyl (C=O) groups is 2. The van der Waals surface area contributed by atoms with Gasteiger partial charge < -0.3 is 9.47 Å². The molecule has 0 saturated heterocycles. The molecule has 2 aromatic rings. The molecule has 0 saturated carbocycles. The van der Waals surface area contributed by atoms with Gasteiger partial charge in [-0.1, -0.05) is 26.2 Å². The highest BCUT2D eigenvalue weighted by Crippen LogP contribution is 2.12. The molecule has 0 atom stereocenters. The van der Waals surface area contributed by atoms with Crippen LogP contribution in [0.4, 0.5) is 0 Å². The van der Waals surface area contributed by atoms with Gasteiger partial charge in [-0.25, -0.2) is 24.4 Å². The number of esters is 2. The minimum absolute atomic E-state index is 0.108. The minimum atomic E-state index is -0.937. The molecule has 0 radical (unpaired) electrons. The van der Waals surface area contributed by atoms with Crippen molar-refractivity contribution in [1.82, 2.24) is 19.1 Å². The fraction of sp³-hybridized carbons (Fsp3) is 0.529. The van der Waals surface area contributed by atoms with Gasteiger partial charge in [0.15, 0.2) is 22.6 Å². The summed E-state index contributed by atoms with van der Waals surface area (Å²) in [5, 5.41) is 0. The second-order valence-electron chi connectivity index (χ2n) is 5.94. The van der Waals surface area contributed by atoms with Crippen LogP contribution in [0.3, 0.4) is 0 Å². The summed E-state index contributed by atoms with van der Waals surface area (Å²) in [5.74, 6) is -1.87. The molecule has 0 unspecified atom stereocenters. The fourth-order valence-electron chi connectivity index (χ4n) is 2.66. The number of methoxy groups -OCH3 is 2. The molecule has 2 aromatic heterocycles. The van der Waals surface area contributed by atoms with Crippen molar-refractivity contribution in [3.05, 3.63) is 32.2 Å². The van der Waals surface area contributed by atoms with E-state index >= 15 is 0 Å². The van der Waals surface area contributed by atoms with Gasteiger partial charge in [0.1, 0.15) is 0 Å². The van der Waals surface area contributed by atoms with Gasteiger partial charge in [0.2, 0.25) is 0 Å². The van der Waals surface area contributed by atoms with Gasteiger partial charge in [-0.15, -0.1) is 0 Å². The van der Waals surface area contributed by atoms with Gasteiger partial charge in [0.25, 0.3) is 5.56 Å². The van der Waals surface area contributed by atoms with E-state index in [1.807, 2.05) is 0 Å². The van der Waals surface area contributed by atoms with Crippen molar-refractivity contribution in [2.24, 2.45) is 7.05 Å². The van der Waals surface area contributed by atoms with E-state index in [9.17, 15) is 19.2 Å². The zero-order valence-electron chi connectivity index (χ0n) is 15.8. The van der Waals surface area contributed by atoms with Crippen molar-refractivity contribution < 1.29 is 19.1 Å². The van der Waals surface area contributed by atoms with E-state index in [1.165, 1.54) is 7.05 Å². The van der Waals surface area contributed by atoms with Gasteiger partial charge in [0, 0.05) is 13.6 Å². The molecule has 10 heteroatoms. The molecule has 0 aromatic carbocycles. The molecular weight excluding hydrogens is 356 g/mol. The normalized spacial score (nSPS) is 10.8. The van der Waals surface area contributed by atoms with Crippen LogP contribution < -0.4 is 11.2 Å². The molecule has 0 spiro atoms. The maximum absolute atomic E-state index is 12.8. The van der Waals surface area contributed by atoms with E-state index in [2.05, 4.69) is 26.4 Å². The number of carbonyl (C=O) groups excluding carboxylic acids is 2. The first kappa shape index (κ1) is 20.3. The van der Waals surface area contributed by atoms with Gasteiger partial charge in [-0.2, -0.15) is 0 Å². The third-order valence-electron chi connectivity index (χ3n) is 4.15. The van der Waals surface area contributed by atoms with E-state index in [0.717, 1.165) is 42.6 Å². The average Bonchev–Trinajstić information content (AvgIpc) is 2.69.